The number of nitrogens with one attached hydrogen (secondary N) is 1. The Labute approximate surface area is 194 Å². The first-order chi connectivity index (χ1) is 15.7. The Morgan fingerprint density at radius 1 is 0.906 bits per heavy atom. The van der Waals surface area contributed by atoms with E-state index in [1.165, 1.54) is 44.9 Å². The van der Waals surface area contributed by atoms with Crippen molar-refractivity contribution in [3.63, 3.8) is 0 Å². The molecule has 2 aromatic rings. The standard InChI is InChI=1S/C28H41N3O/c1-30-20-13-5-3-2-4-6-14-21-31-22-19-26(23-31)28(27(29)32,24-15-9-7-10-16-24)25-17-11-8-12-18-25/h7-12,15-18,26,30H,2-6,13-14,19-23H2,1H3,(H2,29,32)/t26-/m1/s1. The van der Waals surface area contributed by atoms with Crippen molar-refractivity contribution in [2.75, 3.05) is 33.2 Å². The fourth-order valence-electron chi connectivity index (χ4n) is 5.44. The second-order valence-electron chi connectivity index (χ2n) is 9.27. The molecule has 1 aliphatic heterocycles. The van der Waals surface area contributed by atoms with Crippen molar-refractivity contribution in [1.29, 1.82) is 0 Å². The smallest absolute Gasteiger partial charge is 0.232 e. The van der Waals surface area contributed by atoms with Gasteiger partial charge in [-0.3, -0.25) is 4.79 Å². The Morgan fingerprint density at radius 3 is 1.97 bits per heavy atom. The summed E-state index contributed by atoms with van der Waals surface area (Å²) >= 11 is 0. The summed E-state index contributed by atoms with van der Waals surface area (Å²) in [5.41, 5.74) is 7.46. The third-order valence-electron chi connectivity index (χ3n) is 7.13. The zero-order valence-electron chi connectivity index (χ0n) is 19.8. The minimum Gasteiger partial charge on any atom is -0.369 e. The van der Waals surface area contributed by atoms with Crippen molar-refractivity contribution in [1.82, 2.24) is 10.2 Å². The molecule has 4 heteroatoms. The summed E-state index contributed by atoms with van der Waals surface area (Å²) in [4.78, 5) is 15.7. The number of hydrogen-bond donors (Lipinski definition) is 2. The number of hydrogen-bond acceptors (Lipinski definition) is 3. The van der Waals surface area contributed by atoms with Crippen molar-refractivity contribution in [3.05, 3.63) is 71.8 Å². The van der Waals surface area contributed by atoms with E-state index in [9.17, 15) is 4.79 Å². The van der Waals surface area contributed by atoms with E-state index in [1.54, 1.807) is 0 Å². The fourth-order valence-corrected chi connectivity index (χ4v) is 5.44. The normalized spacial score (nSPS) is 17.0. The molecule has 1 atom stereocenters. The lowest BCUT2D eigenvalue weighted by Crippen LogP contribution is -2.49. The molecule has 1 aliphatic rings. The Balaban J connectivity index is 1.59. The first kappa shape index (κ1) is 24.5. The first-order valence-electron chi connectivity index (χ1n) is 12.5. The van der Waals surface area contributed by atoms with E-state index in [4.69, 9.17) is 5.73 Å². The van der Waals surface area contributed by atoms with Gasteiger partial charge in [0.25, 0.3) is 0 Å². The Hall–Kier alpha value is -2.17. The van der Waals surface area contributed by atoms with Gasteiger partial charge in [0, 0.05) is 6.54 Å². The van der Waals surface area contributed by atoms with Gasteiger partial charge < -0.3 is 16.0 Å². The molecule has 0 bridgehead atoms. The van der Waals surface area contributed by atoms with Crippen molar-refractivity contribution in [2.45, 2.75) is 56.8 Å². The number of primary amides is 1. The number of nitrogens with zero attached hydrogens (tertiary/aromatic N) is 1. The van der Waals surface area contributed by atoms with Crippen LogP contribution in [0.3, 0.4) is 0 Å². The molecular formula is C28H41N3O. The molecule has 0 aliphatic carbocycles. The highest BCUT2D eigenvalue weighted by atomic mass is 16.1. The minimum atomic E-state index is -0.773. The van der Waals surface area contributed by atoms with Gasteiger partial charge in [-0.1, -0.05) is 92.8 Å². The number of unbranched alkanes of at least 4 members (excludes halogenated alkanes) is 6. The van der Waals surface area contributed by atoms with Crippen LogP contribution in [0.2, 0.25) is 0 Å². The Morgan fingerprint density at radius 2 is 1.44 bits per heavy atom. The van der Waals surface area contributed by atoms with E-state index in [0.29, 0.717) is 0 Å². The predicted octanol–water partition coefficient (Wildman–Crippen LogP) is 4.73. The van der Waals surface area contributed by atoms with Crippen LogP contribution in [0.25, 0.3) is 0 Å². The van der Waals surface area contributed by atoms with Crippen LogP contribution in [0.4, 0.5) is 0 Å². The second kappa shape index (κ2) is 12.8. The summed E-state index contributed by atoms with van der Waals surface area (Å²) in [5, 5.41) is 3.22. The first-order valence-corrected chi connectivity index (χ1v) is 12.5. The molecule has 3 N–H and O–H groups in total. The van der Waals surface area contributed by atoms with Gasteiger partial charge in [-0.15, -0.1) is 0 Å². The topological polar surface area (TPSA) is 58.4 Å². The van der Waals surface area contributed by atoms with Crippen LogP contribution in [0.5, 0.6) is 0 Å². The monoisotopic (exact) mass is 435 g/mol. The lowest BCUT2D eigenvalue weighted by Gasteiger charge is -2.37. The number of nitrogens with two attached hydrogens (primary N) is 1. The summed E-state index contributed by atoms with van der Waals surface area (Å²) in [6.07, 6.45) is 10.2. The van der Waals surface area contributed by atoms with E-state index in [-0.39, 0.29) is 11.8 Å². The summed E-state index contributed by atoms with van der Waals surface area (Å²) in [7, 11) is 2.02. The molecule has 0 saturated carbocycles. The molecule has 0 radical (unpaired) electrons. The quantitative estimate of drug-likeness (QED) is 0.422. The van der Waals surface area contributed by atoms with Crippen molar-refractivity contribution in [2.24, 2.45) is 11.7 Å². The third kappa shape index (κ3) is 5.99. The van der Waals surface area contributed by atoms with Gasteiger partial charge >= 0.3 is 0 Å². The molecule has 1 saturated heterocycles. The number of likely N-dealkylation sites (tertiary alicyclic amines) is 1. The van der Waals surface area contributed by atoms with E-state index in [0.717, 1.165) is 43.7 Å². The van der Waals surface area contributed by atoms with E-state index in [2.05, 4.69) is 34.5 Å². The molecular weight excluding hydrogens is 394 g/mol. The SMILES string of the molecule is CNCCCCCCCCCN1CC[C@@H](C(C(N)=O)(c2ccccc2)c2ccccc2)C1. The van der Waals surface area contributed by atoms with Crippen LogP contribution in [0, 0.1) is 5.92 Å². The molecule has 0 unspecified atom stereocenters. The van der Waals surface area contributed by atoms with Gasteiger partial charge in [0.2, 0.25) is 5.91 Å². The van der Waals surface area contributed by atoms with E-state index >= 15 is 0 Å². The van der Waals surface area contributed by atoms with Crippen molar-refractivity contribution < 1.29 is 4.79 Å². The van der Waals surface area contributed by atoms with Crippen LogP contribution in [-0.2, 0) is 10.2 Å². The van der Waals surface area contributed by atoms with E-state index < -0.39 is 5.41 Å². The maximum atomic E-state index is 13.1. The molecule has 32 heavy (non-hydrogen) atoms. The van der Waals surface area contributed by atoms with E-state index in [1.807, 2.05) is 43.4 Å². The Kier molecular flexibility index (Phi) is 9.76. The molecule has 0 aromatic heterocycles. The maximum absolute atomic E-state index is 13.1. The highest BCUT2D eigenvalue weighted by Gasteiger charge is 2.49. The summed E-state index contributed by atoms with van der Waals surface area (Å²) < 4.78 is 0. The lowest BCUT2D eigenvalue weighted by molar-refractivity contribution is -0.123. The summed E-state index contributed by atoms with van der Waals surface area (Å²) in [5.74, 6) is -0.0444. The lowest BCUT2D eigenvalue weighted by atomic mass is 9.64. The third-order valence-corrected chi connectivity index (χ3v) is 7.13. The van der Waals surface area contributed by atoms with Crippen LogP contribution in [-0.4, -0.2) is 44.0 Å². The number of carbonyl (C=O) groups excluding carboxylic acids is 1. The molecule has 4 nitrogen and oxygen atoms in total. The predicted molar refractivity (Wildman–Crippen MR) is 134 cm³/mol. The highest BCUT2D eigenvalue weighted by Crippen LogP contribution is 2.43. The molecule has 3 rings (SSSR count). The van der Waals surface area contributed by atoms with Crippen molar-refractivity contribution >= 4 is 5.91 Å². The van der Waals surface area contributed by atoms with Crippen LogP contribution in [0.1, 0.15) is 62.5 Å². The fraction of sp³-hybridized carbons (Fsp3) is 0.536. The molecule has 0 spiro atoms. The molecule has 2 aromatic carbocycles. The van der Waals surface area contributed by atoms with Crippen LogP contribution in [0.15, 0.2) is 60.7 Å². The average molecular weight is 436 g/mol. The van der Waals surface area contributed by atoms with Gasteiger partial charge in [0.15, 0.2) is 0 Å². The zero-order chi connectivity index (χ0) is 22.7. The van der Waals surface area contributed by atoms with Crippen molar-refractivity contribution in [3.8, 4) is 0 Å². The maximum Gasteiger partial charge on any atom is 0.232 e. The number of rotatable bonds is 14. The number of carbonyl (C=O) groups is 1. The molecule has 1 amide bonds. The van der Waals surface area contributed by atoms with Gasteiger partial charge in [0.05, 0.1) is 0 Å². The minimum absolute atomic E-state index is 0.192. The van der Waals surface area contributed by atoms with Gasteiger partial charge in [-0.25, -0.2) is 0 Å². The van der Waals surface area contributed by atoms with Gasteiger partial charge in [0.1, 0.15) is 5.41 Å². The second-order valence-corrected chi connectivity index (χ2v) is 9.27. The number of benzene rings is 2. The van der Waals surface area contributed by atoms with Crippen LogP contribution < -0.4 is 11.1 Å². The largest absolute Gasteiger partial charge is 0.369 e. The number of amides is 1. The Bertz CT molecular complexity index is 753. The van der Waals surface area contributed by atoms with Gasteiger partial charge in [-0.2, -0.15) is 0 Å². The van der Waals surface area contributed by atoms with Crippen LogP contribution >= 0.6 is 0 Å². The molecule has 1 fully saturated rings. The highest BCUT2D eigenvalue weighted by molar-refractivity contribution is 5.91. The summed E-state index contributed by atoms with van der Waals surface area (Å²) in [6, 6.07) is 20.3. The average Bonchev–Trinajstić information content (AvgIpc) is 3.29. The summed E-state index contributed by atoms with van der Waals surface area (Å²) in [6.45, 7) is 4.23. The molecule has 1 heterocycles. The molecule has 174 valence electrons. The zero-order valence-corrected chi connectivity index (χ0v) is 19.8. The van der Waals surface area contributed by atoms with Gasteiger partial charge in [-0.05, 0) is 63.0 Å².